The van der Waals surface area contributed by atoms with Crippen molar-refractivity contribution in [2.75, 3.05) is 20.1 Å². The number of rotatable bonds is 3. The van der Waals surface area contributed by atoms with Crippen molar-refractivity contribution in [3.8, 4) is 0 Å². The predicted octanol–water partition coefficient (Wildman–Crippen LogP) is 2.67. The van der Waals surface area contributed by atoms with Crippen LogP contribution < -0.4 is 5.32 Å². The van der Waals surface area contributed by atoms with Crippen LogP contribution >= 0.6 is 0 Å². The van der Waals surface area contributed by atoms with Gasteiger partial charge in [0.1, 0.15) is 5.82 Å². The molecule has 1 aliphatic rings. The smallest absolute Gasteiger partial charge is 0.340 e. The first-order valence-electron chi connectivity index (χ1n) is 6.64. The van der Waals surface area contributed by atoms with Gasteiger partial charge in [0.2, 0.25) is 0 Å². The molecule has 1 aliphatic heterocycles. The highest BCUT2D eigenvalue weighted by molar-refractivity contribution is 5.94. The summed E-state index contributed by atoms with van der Waals surface area (Å²) >= 11 is 0. The zero-order valence-electron chi connectivity index (χ0n) is 11.5. The summed E-state index contributed by atoms with van der Waals surface area (Å²) in [6, 6.07) is 2.47. The molecule has 0 radical (unpaired) electrons. The van der Waals surface area contributed by atoms with Crippen molar-refractivity contribution in [1.29, 1.82) is 0 Å². The van der Waals surface area contributed by atoms with Gasteiger partial charge in [0, 0.05) is 25.2 Å². The van der Waals surface area contributed by atoms with Crippen LogP contribution in [0, 0.1) is 5.82 Å². The first-order chi connectivity index (χ1) is 9.79. The van der Waals surface area contributed by atoms with Crippen LogP contribution in [0.1, 0.15) is 28.8 Å². The Morgan fingerprint density at radius 3 is 2.71 bits per heavy atom. The zero-order valence-corrected chi connectivity index (χ0v) is 11.5. The van der Waals surface area contributed by atoms with E-state index in [0.717, 1.165) is 25.5 Å². The highest BCUT2D eigenvalue weighted by atomic mass is 19.4. The van der Waals surface area contributed by atoms with Crippen LogP contribution in [0.4, 0.5) is 17.6 Å². The molecule has 1 aromatic rings. The number of hydrogen-bond acceptors (Lipinski definition) is 2. The summed E-state index contributed by atoms with van der Waals surface area (Å²) in [6.07, 6.45) is -2.87. The first kappa shape index (κ1) is 15.8. The van der Waals surface area contributed by atoms with Gasteiger partial charge in [0.05, 0.1) is 5.56 Å². The molecule has 1 saturated heterocycles. The van der Waals surface area contributed by atoms with E-state index in [0.29, 0.717) is 18.7 Å². The second kappa shape index (κ2) is 6.01. The maximum Gasteiger partial charge on any atom is 0.419 e. The zero-order chi connectivity index (χ0) is 15.6. The fraction of sp³-hybridized carbons (Fsp3) is 0.500. The average Bonchev–Trinajstić information content (AvgIpc) is 2.90. The summed E-state index contributed by atoms with van der Waals surface area (Å²) in [6.45, 7) is 1.29. The van der Waals surface area contributed by atoms with Crippen molar-refractivity contribution in [1.82, 2.24) is 10.2 Å². The second-order valence-corrected chi connectivity index (χ2v) is 5.17. The maximum atomic E-state index is 13.2. The number of nitrogens with zero attached hydrogens (tertiary/aromatic N) is 1. The Labute approximate surface area is 119 Å². The standard InChI is InChI=1S/C14H16F4N2O/c1-20(8-10-3-2-6-19-10)13(21)9-4-5-12(15)11(7-9)14(16,17)18/h4-5,7,10,19H,2-3,6,8H2,1H3. The van der Waals surface area contributed by atoms with E-state index in [-0.39, 0.29) is 11.6 Å². The molecule has 2 rings (SSSR count). The molecule has 0 aliphatic carbocycles. The van der Waals surface area contributed by atoms with Gasteiger partial charge in [0.25, 0.3) is 5.91 Å². The summed E-state index contributed by atoms with van der Waals surface area (Å²) < 4.78 is 51.1. The molecule has 1 N–H and O–H groups in total. The minimum atomic E-state index is -4.81. The Balaban J connectivity index is 2.15. The minimum absolute atomic E-state index is 0.154. The molecule has 1 fully saturated rings. The predicted molar refractivity (Wildman–Crippen MR) is 69.4 cm³/mol. The van der Waals surface area contributed by atoms with Gasteiger partial charge < -0.3 is 10.2 Å². The van der Waals surface area contributed by atoms with Gasteiger partial charge in [-0.05, 0) is 37.6 Å². The van der Waals surface area contributed by atoms with Gasteiger partial charge in [-0.2, -0.15) is 13.2 Å². The molecule has 0 bridgehead atoms. The van der Waals surface area contributed by atoms with Gasteiger partial charge in [-0.3, -0.25) is 4.79 Å². The average molecular weight is 304 g/mol. The van der Waals surface area contributed by atoms with Crippen LogP contribution in [0.5, 0.6) is 0 Å². The van der Waals surface area contributed by atoms with E-state index >= 15 is 0 Å². The SMILES string of the molecule is CN(CC1CCCN1)C(=O)c1ccc(F)c(C(F)(F)F)c1. The van der Waals surface area contributed by atoms with Crippen LogP contribution in [-0.2, 0) is 6.18 Å². The third kappa shape index (κ3) is 3.72. The molecule has 0 saturated carbocycles. The number of amides is 1. The first-order valence-corrected chi connectivity index (χ1v) is 6.64. The normalized spacial score (nSPS) is 18.8. The van der Waals surface area contributed by atoms with Crippen LogP contribution in [0.15, 0.2) is 18.2 Å². The third-order valence-corrected chi connectivity index (χ3v) is 3.52. The van der Waals surface area contributed by atoms with Crippen molar-refractivity contribution in [3.63, 3.8) is 0 Å². The highest BCUT2D eigenvalue weighted by Gasteiger charge is 2.35. The van der Waals surface area contributed by atoms with Gasteiger partial charge in [0.15, 0.2) is 0 Å². The Hall–Kier alpha value is -1.63. The molecule has 0 aromatic heterocycles. The number of alkyl halides is 3. The fourth-order valence-corrected chi connectivity index (χ4v) is 2.42. The Morgan fingerprint density at radius 2 is 2.14 bits per heavy atom. The molecule has 7 heteroatoms. The van der Waals surface area contributed by atoms with E-state index in [2.05, 4.69) is 5.32 Å². The lowest BCUT2D eigenvalue weighted by Crippen LogP contribution is -2.38. The van der Waals surface area contributed by atoms with Crippen molar-refractivity contribution >= 4 is 5.91 Å². The third-order valence-electron chi connectivity index (χ3n) is 3.52. The monoisotopic (exact) mass is 304 g/mol. The molecule has 1 aromatic carbocycles. The molecule has 1 atom stereocenters. The number of benzene rings is 1. The van der Waals surface area contributed by atoms with Gasteiger partial charge in [-0.25, -0.2) is 4.39 Å². The van der Waals surface area contributed by atoms with Gasteiger partial charge in [-0.15, -0.1) is 0 Å². The van der Waals surface area contributed by atoms with Crippen molar-refractivity contribution in [2.45, 2.75) is 25.1 Å². The van der Waals surface area contributed by atoms with Crippen LogP contribution in [0.2, 0.25) is 0 Å². The van der Waals surface area contributed by atoms with Crippen molar-refractivity contribution in [2.24, 2.45) is 0 Å². The molecule has 3 nitrogen and oxygen atoms in total. The summed E-state index contributed by atoms with van der Waals surface area (Å²) in [5, 5.41) is 3.20. The largest absolute Gasteiger partial charge is 0.419 e. The molecule has 21 heavy (non-hydrogen) atoms. The van der Waals surface area contributed by atoms with E-state index in [9.17, 15) is 22.4 Å². The number of hydrogen-bond donors (Lipinski definition) is 1. The van der Waals surface area contributed by atoms with E-state index in [1.807, 2.05) is 0 Å². The number of likely N-dealkylation sites (N-methyl/N-ethyl adjacent to an activating group) is 1. The molecule has 1 heterocycles. The number of carbonyl (C=O) groups excluding carboxylic acids is 1. The lowest BCUT2D eigenvalue weighted by atomic mass is 10.1. The van der Waals surface area contributed by atoms with Gasteiger partial charge >= 0.3 is 6.18 Å². The maximum absolute atomic E-state index is 13.2. The van der Waals surface area contributed by atoms with Crippen LogP contribution in [-0.4, -0.2) is 37.0 Å². The Kier molecular flexibility index (Phi) is 4.51. The Bertz CT molecular complexity index is 524. The summed E-state index contributed by atoms with van der Waals surface area (Å²) in [4.78, 5) is 13.5. The quantitative estimate of drug-likeness (QED) is 0.871. The van der Waals surface area contributed by atoms with Crippen molar-refractivity contribution < 1.29 is 22.4 Å². The second-order valence-electron chi connectivity index (χ2n) is 5.17. The van der Waals surface area contributed by atoms with Crippen LogP contribution in [0.25, 0.3) is 0 Å². The molecular weight excluding hydrogens is 288 g/mol. The topological polar surface area (TPSA) is 32.3 Å². The van der Waals surface area contributed by atoms with E-state index in [4.69, 9.17) is 0 Å². The Morgan fingerprint density at radius 1 is 1.43 bits per heavy atom. The van der Waals surface area contributed by atoms with Crippen LogP contribution in [0.3, 0.4) is 0 Å². The summed E-state index contributed by atoms with van der Waals surface area (Å²) in [7, 11) is 1.53. The molecular formula is C14H16F4N2O. The molecule has 0 spiro atoms. The van der Waals surface area contributed by atoms with E-state index in [1.165, 1.54) is 11.9 Å². The number of nitrogens with one attached hydrogen (secondary N) is 1. The number of halogens is 4. The molecule has 1 unspecified atom stereocenters. The van der Waals surface area contributed by atoms with E-state index < -0.39 is 23.5 Å². The number of carbonyl (C=O) groups is 1. The van der Waals surface area contributed by atoms with Crippen molar-refractivity contribution in [3.05, 3.63) is 35.1 Å². The van der Waals surface area contributed by atoms with E-state index in [1.54, 1.807) is 0 Å². The minimum Gasteiger partial charge on any atom is -0.340 e. The molecule has 1 amide bonds. The lowest BCUT2D eigenvalue weighted by molar-refractivity contribution is -0.140. The lowest BCUT2D eigenvalue weighted by Gasteiger charge is -2.22. The van der Waals surface area contributed by atoms with Gasteiger partial charge in [-0.1, -0.05) is 0 Å². The summed E-state index contributed by atoms with van der Waals surface area (Å²) in [5.74, 6) is -1.92. The molecule has 116 valence electrons. The highest BCUT2D eigenvalue weighted by Crippen LogP contribution is 2.32. The fourth-order valence-electron chi connectivity index (χ4n) is 2.42. The summed E-state index contributed by atoms with van der Waals surface area (Å²) in [5.41, 5.74) is -1.58.